The van der Waals surface area contributed by atoms with Gasteiger partial charge < -0.3 is 14.8 Å². The molecule has 1 aromatic carbocycles. The zero-order chi connectivity index (χ0) is 15.3. The van der Waals surface area contributed by atoms with Gasteiger partial charge in [0.25, 0.3) is 0 Å². The lowest BCUT2D eigenvalue weighted by molar-refractivity contribution is 0.0707. The van der Waals surface area contributed by atoms with E-state index in [0.717, 1.165) is 13.0 Å². The van der Waals surface area contributed by atoms with Crippen LogP contribution in [0.25, 0.3) is 0 Å². The largest absolute Gasteiger partial charge is 0.495 e. The molecular weight excluding hydrogens is 316 g/mol. The summed E-state index contributed by atoms with van der Waals surface area (Å²) in [4.78, 5) is 0.0269. The van der Waals surface area contributed by atoms with Gasteiger partial charge in [0.2, 0.25) is 10.0 Å². The van der Waals surface area contributed by atoms with Crippen molar-refractivity contribution < 1.29 is 17.9 Å². The van der Waals surface area contributed by atoms with Crippen LogP contribution in [0.4, 0.5) is 0 Å². The van der Waals surface area contributed by atoms with Crippen molar-refractivity contribution in [2.24, 2.45) is 0 Å². The molecule has 1 saturated heterocycles. The van der Waals surface area contributed by atoms with Crippen molar-refractivity contribution in [3.05, 3.63) is 23.2 Å². The smallest absolute Gasteiger partial charge is 0.244 e. The molecule has 1 atom stereocenters. The van der Waals surface area contributed by atoms with Crippen molar-refractivity contribution in [1.29, 1.82) is 0 Å². The fraction of sp³-hybridized carbons (Fsp3) is 0.538. The quantitative estimate of drug-likeness (QED) is 0.840. The third kappa shape index (κ3) is 4.55. The van der Waals surface area contributed by atoms with Crippen LogP contribution >= 0.6 is 11.6 Å². The lowest BCUT2D eigenvalue weighted by Gasteiger charge is -2.16. The lowest BCUT2D eigenvalue weighted by Crippen LogP contribution is -2.38. The third-order valence-electron chi connectivity index (χ3n) is 3.14. The van der Waals surface area contributed by atoms with E-state index < -0.39 is 10.0 Å². The number of methoxy groups -OCH3 is 1. The molecule has 1 aromatic rings. The van der Waals surface area contributed by atoms with E-state index in [0.29, 0.717) is 18.2 Å². The molecule has 8 heteroatoms. The van der Waals surface area contributed by atoms with Gasteiger partial charge in [0.05, 0.1) is 13.2 Å². The van der Waals surface area contributed by atoms with Gasteiger partial charge in [-0.15, -0.1) is 0 Å². The number of hydrogen-bond acceptors (Lipinski definition) is 5. The van der Waals surface area contributed by atoms with Gasteiger partial charge >= 0.3 is 0 Å². The van der Waals surface area contributed by atoms with E-state index in [1.165, 1.54) is 19.2 Å². The van der Waals surface area contributed by atoms with Gasteiger partial charge in [0, 0.05) is 24.7 Å². The number of ether oxygens (including phenoxy) is 2. The molecule has 2 N–H and O–H groups in total. The summed E-state index contributed by atoms with van der Waals surface area (Å²) in [5, 5.41) is 3.54. The second kappa shape index (κ2) is 7.42. The van der Waals surface area contributed by atoms with Crippen molar-refractivity contribution in [2.45, 2.75) is 17.4 Å². The van der Waals surface area contributed by atoms with Gasteiger partial charge in [-0.05, 0) is 31.2 Å². The lowest BCUT2D eigenvalue weighted by atomic mass is 10.3. The summed E-state index contributed by atoms with van der Waals surface area (Å²) in [5.41, 5.74) is 0. The van der Waals surface area contributed by atoms with Crippen LogP contribution in [0.5, 0.6) is 5.75 Å². The maximum atomic E-state index is 12.4. The first kappa shape index (κ1) is 16.5. The van der Waals surface area contributed by atoms with Gasteiger partial charge in [-0.3, -0.25) is 0 Å². The highest BCUT2D eigenvalue weighted by Crippen LogP contribution is 2.26. The maximum absolute atomic E-state index is 12.4. The second-order valence-corrected chi connectivity index (χ2v) is 6.87. The Morgan fingerprint density at radius 2 is 2.33 bits per heavy atom. The normalized spacial score (nSPS) is 20.0. The van der Waals surface area contributed by atoms with Crippen molar-refractivity contribution in [3.63, 3.8) is 0 Å². The van der Waals surface area contributed by atoms with Crippen molar-refractivity contribution in [2.75, 3.05) is 33.4 Å². The molecule has 21 heavy (non-hydrogen) atoms. The SMILES string of the molecule is COc1ccc(Cl)cc1S(=O)(=O)NCC1CNCCCO1. The average Bonchev–Trinajstić information content (AvgIpc) is 2.74. The summed E-state index contributed by atoms with van der Waals surface area (Å²) < 4.78 is 37.9. The Kier molecular flexibility index (Phi) is 5.83. The molecule has 0 saturated carbocycles. The Morgan fingerprint density at radius 3 is 3.10 bits per heavy atom. The molecule has 0 aromatic heterocycles. The molecule has 118 valence electrons. The summed E-state index contributed by atoms with van der Waals surface area (Å²) in [7, 11) is -2.29. The van der Waals surface area contributed by atoms with Crippen LogP contribution in [-0.4, -0.2) is 47.9 Å². The molecule has 0 radical (unpaired) electrons. The predicted molar refractivity (Wildman–Crippen MR) is 80.4 cm³/mol. The predicted octanol–water partition coefficient (Wildman–Crippen LogP) is 1.01. The molecule has 0 bridgehead atoms. The Hall–Kier alpha value is -0.860. The minimum Gasteiger partial charge on any atom is -0.495 e. The molecule has 1 aliphatic heterocycles. The van der Waals surface area contributed by atoms with Gasteiger partial charge in [-0.25, -0.2) is 13.1 Å². The molecule has 1 unspecified atom stereocenters. The zero-order valence-corrected chi connectivity index (χ0v) is 13.3. The van der Waals surface area contributed by atoms with Gasteiger partial charge in [0.1, 0.15) is 10.6 Å². The standard InChI is InChI=1S/C13H19ClN2O4S/c1-19-12-4-3-10(14)7-13(12)21(17,18)16-9-11-8-15-5-2-6-20-11/h3-4,7,11,15-16H,2,5-6,8-9H2,1H3. The molecule has 1 aliphatic rings. The highest BCUT2D eigenvalue weighted by Gasteiger charge is 2.22. The van der Waals surface area contributed by atoms with Crippen molar-refractivity contribution in [1.82, 2.24) is 10.0 Å². The molecule has 1 fully saturated rings. The maximum Gasteiger partial charge on any atom is 0.244 e. The van der Waals surface area contributed by atoms with Crippen LogP contribution in [0.3, 0.4) is 0 Å². The Balaban J connectivity index is 2.09. The van der Waals surface area contributed by atoms with E-state index in [1.54, 1.807) is 6.07 Å². The van der Waals surface area contributed by atoms with Crippen molar-refractivity contribution in [3.8, 4) is 5.75 Å². The molecular formula is C13H19ClN2O4S. The van der Waals surface area contributed by atoms with Gasteiger partial charge in [0.15, 0.2) is 0 Å². The number of hydrogen-bond donors (Lipinski definition) is 2. The van der Waals surface area contributed by atoms with Crippen LogP contribution in [0.2, 0.25) is 5.02 Å². The Morgan fingerprint density at radius 1 is 1.52 bits per heavy atom. The summed E-state index contributed by atoms with van der Waals surface area (Å²) >= 11 is 5.87. The van der Waals surface area contributed by atoms with E-state index in [2.05, 4.69) is 10.0 Å². The average molecular weight is 335 g/mol. The van der Waals surface area contributed by atoms with E-state index in [9.17, 15) is 8.42 Å². The number of nitrogens with one attached hydrogen (secondary N) is 2. The first-order valence-electron chi connectivity index (χ1n) is 6.68. The van der Waals surface area contributed by atoms with Crippen molar-refractivity contribution >= 4 is 21.6 Å². The fourth-order valence-electron chi connectivity index (χ4n) is 2.04. The van der Waals surface area contributed by atoms with Crippen LogP contribution < -0.4 is 14.8 Å². The summed E-state index contributed by atoms with van der Waals surface area (Å²) in [6.45, 7) is 2.32. The molecule has 6 nitrogen and oxygen atoms in total. The van der Waals surface area contributed by atoms with Crippen LogP contribution in [-0.2, 0) is 14.8 Å². The van der Waals surface area contributed by atoms with Crippen LogP contribution in [0, 0.1) is 0 Å². The number of sulfonamides is 1. The molecule has 2 rings (SSSR count). The first-order valence-corrected chi connectivity index (χ1v) is 8.54. The molecule has 0 amide bonds. The minimum absolute atomic E-state index is 0.0269. The highest BCUT2D eigenvalue weighted by atomic mass is 35.5. The Labute approximate surface area is 129 Å². The third-order valence-corrected chi connectivity index (χ3v) is 4.82. The molecule has 0 spiro atoms. The first-order chi connectivity index (χ1) is 10.0. The van der Waals surface area contributed by atoms with E-state index in [4.69, 9.17) is 21.1 Å². The summed E-state index contributed by atoms with van der Waals surface area (Å²) in [6.07, 6.45) is 0.734. The summed E-state index contributed by atoms with van der Waals surface area (Å²) in [6, 6.07) is 4.48. The Bertz CT molecular complexity index is 572. The van der Waals surface area contributed by atoms with E-state index in [1.807, 2.05) is 0 Å². The van der Waals surface area contributed by atoms with Crippen LogP contribution in [0.1, 0.15) is 6.42 Å². The number of halogens is 1. The second-order valence-electron chi connectivity index (χ2n) is 4.70. The zero-order valence-electron chi connectivity index (χ0n) is 11.8. The fourth-order valence-corrected chi connectivity index (χ4v) is 3.54. The topological polar surface area (TPSA) is 76.7 Å². The van der Waals surface area contributed by atoms with Gasteiger partial charge in [-0.1, -0.05) is 11.6 Å². The minimum atomic E-state index is -3.70. The molecule has 0 aliphatic carbocycles. The summed E-state index contributed by atoms with van der Waals surface area (Å²) in [5.74, 6) is 0.256. The van der Waals surface area contributed by atoms with E-state index in [-0.39, 0.29) is 23.3 Å². The van der Waals surface area contributed by atoms with Crippen LogP contribution in [0.15, 0.2) is 23.1 Å². The monoisotopic (exact) mass is 334 g/mol. The molecule has 1 heterocycles. The number of rotatable bonds is 5. The number of benzene rings is 1. The highest BCUT2D eigenvalue weighted by molar-refractivity contribution is 7.89. The van der Waals surface area contributed by atoms with Gasteiger partial charge in [-0.2, -0.15) is 0 Å². The van der Waals surface area contributed by atoms with E-state index >= 15 is 0 Å².